The van der Waals surface area contributed by atoms with Crippen molar-refractivity contribution in [2.24, 2.45) is 0 Å². The van der Waals surface area contributed by atoms with Gasteiger partial charge in [-0.25, -0.2) is 4.68 Å². The van der Waals surface area contributed by atoms with Crippen LogP contribution in [0.3, 0.4) is 0 Å². The topological polar surface area (TPSA) is 72.9 Å². The van der Waals surface area contributed by atoms with E-state index in [0.717, 1.165) is 23.7 Å². The molecular weight excluding hydrogens is 304 g/mol. The number of rotatable bonds is 6. The molecule has 7 heteroatoms. The lowest BCUT2D eigenvalue weighted by atomic mass is 10.1. The molecule has 3 aromatic rings. The van der Waals surface area contributed by atoms with E-state index < -0.39 is 0 Å². The second-order valence-electron chi connectivity index (χ2n) is 6.76. The van der Waals surface area contributed by atoms with Crippen LogP contribution >= 0.6 is 0 Å². The van der Waals surface area contributed by atoms with Gasteiger partial charge in [-0.1, -0.05) is 6.07 Å². The second kappa shape index (κ2) is 6.92. The maximum Gasteiger partial charge on any atom is 0.165 e. The third kappa shape index (κ3) is 4.05. The Bertz CT molecular complexity index is 745. The minimum Gasteiger partial charge on any atom is -0.468 e. The molecule has 0 aromatic carbocycles. The van der Waals surface area contributed by atoms with Gasteiger partial charge in [-0.05, 0) is 55.0 Å². The van der Waals surface area contributed by atoms with Crippen LogP contribution < -0.4 is 0 Å². The molecule has 0 amide bonds. The largest absolute Gasteiger partial charge is 0.468 e. The van der Waals surface area contributed by atoms with E-state index in [-0.39, 0.29) is 5.54 Å². The molecule has 0 fully saturated rings. The molecule has 7 nitrogen and oxygen atoms in total. The summed E-state index contributed by atoms with van der Waals surface area (Å²) in [7, 11) is 0. The van der Waals surface area contributed by atoms with Gasteiger partial charge < -0.3 is 4.42 Å². The Balaban J connectivity index is 1.81. The van der Waals surface area contributed by atoms with Crippen molar-refractivity contribution in [3.8, 4) is 0 Å². The van der Waals surface area contributed by atoms with Gasteiger partial charge in [-0.15, -0.1) is 5.10 Å². The Hall–Kier alpha value is -2.54. The van der Waals surface area contributed by atoms with Crippen molar-refractivity contribution in [2.45, 2.75) is 45.9 Å². The van der Waals surface area contributed by atoms with Gasteiger partial charge in [-0.3, -0.25) is 9.88 Å². The molecule has 3 heterocycles. The number of hydrogen-bond donors (Lipinski definition) is 0. The zero-order chi connectivity index (χ0) is 17.0. The quantitative estimate of drug-likeness (QED) is 0.693. The van der Waals surface area contributed by atoms with Crippen LogP contribution in [0.25, 0.3) is 0 Å². The Kier molecular flexibility index (Phi) is 4.71. The van der Waals surface area contributed by atoms with Crippen LogP contribution in [-0.4, -0.2) is 30.1 Å². The van der Waals surface area contributed by atoms with Gasteiger partial charge in [0.2, 0.25) is 0 Å². The Morgan fingerprint density at radius 1 is 1.12 bits per heavy atom. The Morgan fingerprint density at radius 3 is 2.67 bits per heavy atom. The van der Waals surface area contributed by atoms with Crippen molar-refractivity contribution in [1.29, 1.82) is 0 Å². The third-order valence-electron chi connectivity index (χ3n) is 3.62. The van der Waals surface area contributed by atoms with E-state index in [1.807, 2.05) is 29.1 Å². The van der Waals surface area contributed by atoms with E-state index in [9.17, 15) is 0 Å². The van der Waals surface area contributed by atoms with E-state index >= 15 is 0 Å². The van der Waals surface area contributed by atoms with Gasteiger partial charge in [0, 0.05) is 18.9 Å². The van der Waals surface area contributed by atoms with Crippen LogP contribution in [0.4, 0.5) is 0 Å². The second-order valence-corrected chi connectivity index (χ2v) is 6.76. The first kappa shape index (κ1) is 16.3. The fourth-order valence-electron chi connectivity index (χ4n) is 2.57. The van der Waals surface area contributed by atoms with Gasteiger partial charge in [-0.2, -0.15) is 0 Å². The zero-order valence-corrected chi connectivity index (χ0v) is 14.3. The maximum atomic E-state index is 5.50. The third-order valence-corrected chi connectivity index (χ3v) is 3.62. The van der Waals surface area contributed by atoms with Crippen molar-refractivity contribution >= 4 is 0 Å². The van der Waals surface area contributed by atoms with Gasteiger partial charge in [0.05, 0.1) is 24.9 Å². The molecule has 0 saturated carbocycles. The molecule has 0 atom stereocenters. The van der Waals surface area contributed by atoms with Crippen molar-refractivity contribution < 1.29 is 4.42 Å². The number of hydrogen-bond acceptors (Lipinski definition) is 6. The SMILES string of the molecule is CC(C)(C)n1nnnc1CN(Cc1cccnc1)Cc1ccco1. The van der Waals surface area contributed by atoms with Gasteiger partial charge in [0.25, 0.3) is 0 Å². The highest BCUT2D eigenvalue weighted by molar-refractivity contribution is 5.09. The Morgan fingerprint density at radius 2 is 2.00 bits per heavy atom. The lowest BCUT2D eigenvalue weighted by molar-refractivity contribution is 0.208. The first-order valence-corrected chi connectivity index (χ1v) is 7.94. The fourth-order valence-corrected chi connectivity index (χ4v) is 2.57. The first-order valence-electron chi connectivity index (χ1n) is 7.94. The highest BCUT2D eigenvalue weighted by atomic mass is 16.3. The van der Waals surface area contributed by atoms with Crippen LogP contribution in [0, 0.1) is 0 Å². The average molecular weight is 326 g/mol. The maximum absolute atomic E-state index is 5.50. The molecular formula is C17H22N6O. The normalized spacial score (nSPS) is 12.0. The van der Waals surface area contributed by atoms with Gasteiger partial charge in [0.15, 0.2) is 5.82 Å². The number of furan rings is 1. The molecule has 3 rings (SSSR count). The molecule has 0 spiro atoms. The summed E-state index contributed by atoms with van der Waals surface area (Å²) in [6.45, 7) is 8.31. The predicted molar refractivity (Wildman–Crippen MR) is 88.7 cm³/mol. The summed E-state index contributed by atoms with van der Waals surface area (Å²) in [6.07, 6.45) is 5.35. The van der Waals surface area contributed by atoms with E-state index in [1.165, 1.54) is 0 Å². The summed E-state index contributed by atoms with van der Waals surface area (Å²) < 4.78 is 7.37. The summed E-state index contributed by atoms with van der Waals surface area (Å²) in [5.41, 5.74) is 0.975. The van der Waals surface area contributed by atoms with E-state index in [2.05, 4.69) is 52.2 Å². The van der Waals surface area contributed by atoms with Crippen LogP contribution in [0.2, 0.25) is 0 Å². The number of tetrazole rings is 1. The van der Waals surface area contributed by atoms with Crippen molar-refractivity contribution in [1.82, 2.24) is 30.1 Å². The average Bonchev–Trinajstić information content (AvgIpc) is 3.19. The lowest BCUT2D eigenvalue weighted by Gasteiger charge is -2.24. The van der Waals surface area contributed by atoms with Crippen LogP contribution in [0.1, 0.15) is 37.9 Å². The fraction of sp³-hybridized carbons (Fsp3) is 0.412. The van der Waals surface area contributed by atoms with E-state index in [1.54, 1.807) is 12.5 Å². The monoisotopic (exact) mass is 326 g/mol. The van der Waals surface area contributed by atoms with Crippen LogP contribution in [0.5, 0.6) is 0 Å². The van der Waals surface area contributed by atoms with Crippen molar-refractivity contribution in [3.05, 3.63) is 60.1 Å². The molecule has 0 aliphatic carbocycles. The molecule has 0 saturated heterocycles. The summed E-state index contributed by atoms with van der Waals surface area (Å²) in [5.74, 6) is 1.74. The summed E-state index contributed by atoms with van der Waals surface area (Å²) in [6, 6.07) is 7.88. The first-order chi connectivity index (χ1) is 11.5. The molecule has 126 valence electrons. The molecule has 0 radical (unpaired) electrons. The molecule has 3 aromatic heterocycles. The number of aromatic nitrogens is 5. The van der Waals surface area contributed by atoms with Crippen LogP contribution in [0.15, 0.2) is 47.3 Å². The summed E-state index contributed by atoms with van der Waals surface area (Å²) >= 11 is 0. The zero-order valence-electron chi connectivity index (χ0n) is 14.3. The molecule has 0 unspecified atom stereocenters. The summed E-state index contributed by atoms with van der Waals surface area (Å²) in [5, 5.41) is 12.2. The minimum atomic E-state index is -0.163. The number of pyridine rings is 1. The molecule has 0 aliphatic heterocycles. The molecule has 0 N–H and O–H groups in total. The smallest absolute Gasteiger partial charge is 0.165 e. The predicted octanol–water partition coefficient (Wildman–Crippen LogP) is 2.62. The molecule has 0 bridgehead atoms. The van der Waals surface area contributed by atoms with E-state index in [4.69, 9.17) is 4.42 Å². The molecule has 0 aliphatic rings. The lowest BCUT2D eigenvalue weighted by Crippen LogP contribution is -2.30. The minimum absolute atomic E-state index is 0.163. The van der Waals surface area contributed by atoms with E-state index in [0.29, 0.717) is 13.1 Å². The van der Waals surface area contributed by atoms with Crippen molar-refractivity contribution in [2.75, 3.05) is 0 Å². The van der Waals surface area contributed by atoms with Crippen molar-refractivity contribution in [3.63, 3.8) is 0 Å². The van der Waals surface area contributed by atoms with Crippen LogP contribution in [-0.2, 0) is 25.2 Å². The highest BCUT2D eigenvalue weighted by Gasteiger charge is 2.22. The standard InChI is InChI=1S/C17H22N6O/c1-17(2,3)23-16(19-20-21-23)13-22(12-15-7-5-9-24-15)11-14-6-4-8-18-10-14/h4-10H,11-13H2,1-3H3. The Labute approximate surface area is 141 Å². The van der Waals surface area contributed by atoms with Gasteiger partial charge >= 0.3 is 0 Å². The number of nitrogens with zero attached hydrogens (tertiary/aromatic N) is 6. The van der Waals surface area contributed by atoms with Gasteiger partial charge in [0.1, 0.15) is 5.76 Å². The highest BCUT2D eigenvalue weighted by Crippen LogP contribution is 2.17. The summed E-state index contributed by atoms with van der Waals surface area (Å²) in [4.78, 5) is 6.43. The molecule has 24 heavy (non-hydrogen) atoms.